The van der Waals surface area contributed by atoms with Crippen LogP contribution in [0.2, 0.25) is 0 Å². The molecule has 0 aliphatic carbocycles. The Bertz CT molecular complexity index is 1480. The number of hydrogen-bond acceptors (Lipinski definition) is 3. The Kier molecular flexibility index (Phi) is 5.00. The maximum atomic E-state index is 4.79. The van der Waals surface area contributed by atoms with E-state index < -0.39 is 0 Å². The highest BCUT2D eigenvalue weighted by Crippen LogP contribution is 2.20. The smallest absolute Gasteiger partial charge is 0.0659 e. The molecule has 0 atom stereocenters. The van der Waals surface area contributed by atoms with Crippen molar-refractivity contribution >= 4 is 46.4 Å². The molecular formula is C28H25N5. The molecule has 6 rings (SSSR count). The number of nitrogens with zero attached hydrogens (tertiary/aromatic N) is 3. The van der Waals surface area contributed by atoms with Gasteiger partial charge in [0.2, 0.25) is 0 Å². The van der Waals surface area contributed by atoms with E-state index in [9.17, 15) is 0 Å². The van der Waals surface area contributed by atoms with Crippen molar-refractivity contribution in [1.29, 1.82) is 0 Å². The van der Waals surface area contributed by atoms with Gasteiger partial charge < -0.3 is 14.9 Å². The quantitative estimate of drug-likeness (QED) is 0.368. The maximum absolute atomic E-state index is 4.79. The molecule has 0 saturated heterocycles. The third kappa shape index (κ3) is 4.44. The predicted molar refractivity (Wildman–Crippen MR) is 137 cm³/mol. The number of H-pyrrole nitrogens is 2. The second kappa shape index (κ2) is 8.43. The molecule has 0 amide bonds. The summed E-state index contributed by atoms with van der Waals surface area (Å²) in [4.78, 5) is 18.9. The summed E-state index contributed by atoms with van der Waals surface area (Å²) in [6.07, 6.45) is 18.9. The Balaban J connectivity index is 1.43. The Morgan fingerprint density at radius 1 is 0.727 bits per heavy atom. The summed E-state index contributed by atoms with van der Waals surface area (Å²) in [7, 11) is 0. The maximum Gasteiger partial charge on any atom is 0.0659 e. The normalized spacial score (nSPS) is 14.4. The second-order valence-electron chi connectivity index (χ2n) is 8.57. The van der Waals surface area contributed by atoms with Crippen molar-refractivity contribution in [2.75, 3.05) is 13.1 Å². The molecule has 8 bridgehead atoms. The molecular weight excluding hydrogens is 406 g/mol. The number of aromatic nitrogens is 4. The van der Waals surface area contributed by atoms with Crippen molar-refractivity contribution in [3.63, 3.8) is 0 Å². The average molecular weight is 432 g/mol. The summed E-state index contributed by atoms with van der Waals surface area (Å²) in [5, 5.41) is 0. The van der Waals surface area contributed by atoms with E-state index in [-0.39, 0.29) is 0 Å². The predicted octanol–water partition coefficient (Wildman–Crippen LogP) is 5.97. The van der Waals surface area contributed by atoms with Crippen molar-refractivity contribution < 1.29 is 0 Å². The lowest BCUT2D eigenvalue weighted by molar-refractivity contribution is 0.403. The minimum absolute atomic E-state index is 0.917. The van der Waals surface area contributed by atoms with Crippen LogP contribution in [0.3, 0.4) is 0 Å². The van der Waals surface area contributed by atoms with Gasteiger partial charge in [0.15, 0.2) is 0 Å². The van der Waals surface area contributed by atoms with Crippen LogP contribution in [-0.4, -0.2) is 37.9 Å². The fraction of sp³-hybridized carbons (Fsp3) is 0.143. The van der Waals surface area contributed by atoms with E-state index in [1.165, 1.54) is 5.56 Å². The minimum Gasteiger partial charge on any atom is -0.374 e. The van der Waals surface area contributed by atoms with Gasteiger partial charge in [-0.2, -0.15) is 0 Å². The van der Waals surface area contributed by atoms with Crippen molar-refractivity contribution in [3.8, 4) is 0 Å². The number of fused-ring (bicyclic) bond motifs is 8. The highest BCUT2D eigenvalue weighted by Gasteiger charge is 2.06. The van der Waals surface area contributed by atoms with Crippen LogP contribution in [0, 0.1) is 0 Å². The standard InChI is InChI=1S/C28H25N5/c1-2-12-33(13-3-1)14-4-5-20-15-27-18-25-9-8-23(30-25)16-21-6-7-22(29-21)17-24-10-11-26(31-24)19-28(20)32-27/h1-3,6-12,15-19,30,32H,4-5,13-14H2. The topological polar surface area (TPSA) is 60.6 Å². The van der Waals surface area contributed by atoms with Gasteiger partial charge in [-0.25, -0.2) is 9.97 Å². The Morgan fingerprint density at radius 2 is 1.45 bits per heavy atom. The molecule has 3 aliphatic heterocycles. The van der Waals surface area contributed by atoms with E-state index >= 15 is 0 Å². The number of hydrogen-bond donors (Lipinski definition) is 2. The van der Waals surface area contributed by atoms with Crippen molar-refractivity contribution in [1.82, 2.24) is 24.8 Å². The van der Waals surface area contributed by atoms with E-state index in [2.05, 4.69) is 81.8 Å². The van der Waals surface area contributed by atoms with Crippen molar-refractivity contribution in [2.45, 2.75) is 12.8 Å². The average Bonchev–Trinajstić information content (AvgIpc) is 3.60. The third-order valence-electron chi connectivity index (χ3n) is 6.03. The first-order valence-corrected chi connectivity index (χ1v) is 11.4. The Hall–Kier alpha value is -4.12. The molecule has 162 valence electrons. The summed E-state index contributed by atoms with van der Waals surface area (Å²) in [5.41, 5.74) is 9.35. The van der Waals surface area contributed by atoms with Crippen LogP contribution < -0.4 is 0 Å². The molecule has 5 heteroatoms. The first-order valence-electron chi connectivity index (χ1n) is 11.4. The zero-order chi connectivity index (χ0) is 22.0. The molecule has 33 heavy (non-hydrogen) atoms. The Morgan fingerprint density at radius 3 is 2.21 bits per heavy atom. The monoisotopic (exact) mass is 431 g/mol. The third-order valence-corrected chi connectivity index (χ3v) is 6.03. The van der Waals surface area contributed by atoms with E-state index in [1.807, 2.05) is 24.3 Å². The molecule has 3 aliphatic rings. The van der Waals surface area contributed by atoms with Crippen molar-refractivity contribution in [3.05, 3.63) is 95.2 Å². The van der Waals surface area contributed by atoms with Gasteiger partial charge in [-0.15, -0.1) is 0 Å². The molecule has 0 spiro atoms. The van der Waals surface area contributed by atoms with E-state index in [0.29, 0.717) is 0 Å². The molecule has 2 N–H and O–H groups in total. The lowest BCUT2D eigenvalue weighted by atomic mass is 10.1. The minimum atomic E-state index is 0.917. The first-order chi connectivity index (χ1) is 16.3. The van der Waals surface area contributed by atoms with Crippen molar-refractivity contribution in [2.24, 2.45) is 0 Å². The van der Waals surface area contributed by atoms with E-state index in [0.717, 1.165) is 70.8 Å². The first kappa shape index (κ1) is 19.6. The zero-order valence-corrected chi connectivity index (χ0v) is 18.3. The Labute approximate surface area is 192 Å². The summed E-state index contributed by atoms with van der Waals surface area (Å²) in [6.45, 7) is 2.03. The van der Waals surface area contributed by atoms with E-state index in [4.69, 9.17) is 9.97 Å². The van der Waals surface area contributed by atoms with Gasteiger partial charge >= 0.3 is 0 Å². The largest absolute Gasteiger partial charge is 0.374 e. The molecule has 0 radical (unpaired) electrons. The molecule has 5 nitrogen and oxygen atoms in total. The number of aryl methyl sites for hydroxylation is 1. The lowest BCUT2D eigenvalue weighted by Crippen LogP contribution is -2.20. The fourth-order valence-corrected chi connectivity index (χ4v) is 4.43. The van der Waals surface area contributed by atoms with Crippen LogP contribution >= 0.6 is 0 Å². The molecule has 0 fully saturated rings. The molecule has 0 saturated carbocycles. The van der Waals surface area contributed by atoms with Gasteiger partial charge in [-0.1, -0.05) is 12.2 Å². The molecule has 0 aromatic carbocycles. The van der Waals surface area contributed by atoms with Crippen LogP contribution in [0.1, 0.15) is 34.8 Å². The van der Waals surface area contributed by atoms with Gasteiger partial charge in [-0.05, 0) is 97.4 Å². The molecule has 3 aromatic heterocycles. The van der Waals surface area contributed by atoms with E-state index in [1.54, 1.807) is 0 Å². The molecule has 6 heterocycles. The van der Waals surface area contributed by atoms with Crippen LogP contribution in [0.5, 0.6) is 0 Å². The van der Waals surface area contributed by atoms with Gasteiger partial charge in [0.1, 0.15) is 0 Å². The fourth-order valence-electron chi connectivity index (χ4n) is 4.43. The number of aromatic amines is 2. The van der Waals surface area contributed by atoms with Crippen LogP contribution in [0.4, 0.5) is 0 Å². The lowest BCUT2D eigenvalue weighted by Gasteiger charge is -2.20. The number of rotatable bonds is 4. The zero-order valence-electron chi connectivity index (χ0n) is 18.3. The highest BCUT2D eigenvalue weighted by molar-refractivity contribution is 5.78. The van der Waals surface area contributed by atoms with Crippen LogP contribution in [-0.2, 0) is 6.42 Å². The SMILES string of the molecule is C1=CCN(CCCc2cc3cc4ccc(cc5nc(cc6nc(cc2[nH]3)C=C6)C=C5)[nH]4)C=C1. The second-order valence-corrected chi connectivity index (χ2v) is 8.57. The highest BCUT2D eigenvalue weighted by atomic mass is 15.1. The van der Waals surface area contributed by atoms with Crippen LogP contribution in [0.15, 0.2) is 66.9 Å². The number of allylic oxidation sites excluding steroid dienone is 2. The number of nitrogens with one attached hydrogen (secondary N) is 2. The van der Waals surface area contributed by atoms with Crippen LogP contribution in [0.25, 0.3) is 46.4 Å². The summed E-state index contributed by atoms with van der Waals surface area (Å²) < 4.78 is 0. The van der Waals surface area contributed by atoms with Gasteiger partial charge in [0.25, 0.3) is 0 Å². The van der Waals surface area contributed by atoms with Gasteiger partial charge in [0.05, 0.1) is 22.8 Å². The molecule has 0 unspecified atom stereocenters. The van der Waals surface area contributed by atoms with Gasteiger partial charge in [-0.3, -0.25) is 0 Å². The summed E-state index contributed by atoms with van der Waals surface area (Å²) in [5.74, 6) is 0. The summed E-state index contributed by atoms with van der Waals surface area (Å²) >= 11 is 0. The molecule has 3 aromatic rings. The summed E-state index contributed by atoms with van der Waals surface area (Å²) in [6, 6.07) is 14.8. The van der Waals surface area contributed by atoms with Gasteiger partial charge in [0, 0.05) is 35.2 Å².